The molecule has 3 aromatic carbocycles. The standard InChI is InChI=1S/C23H23FN2O/c1-23(2,3)18-6-14-22(15-7-18)27-21-12-4-17(5-13-21)16-25-26-20-10-8-19(24)9-11-20/h4-16,26H,1-3H3. The Morgan fingerprint density at radius 2 is 1.37 bits per heavy atom. The number of nitrogens with zero attached hydrogens (tertiary/aromatic N) is 1. The van der Waals surface area contributed by atoms with Crippen molar-refractivity contribution in [3.8, 4) is 11.5 Å². The lowest BCUT2D eigenvalue weighted by molar-refractivity contribution is 0.481. The number of hydrazone groups is 1. The van der Waals surface area contributed by atoms with E-state index in [4.69, 9.17) is 4.74 Å². The Balaban J connectivity index is 1.58. The van der Waals surface area contributed by atoms with Crippen molar-refractivity contribution in [2.75, 3.05) is 5.43 Å². The maximum Gasteiger partial charge on any atom is 0.127 e. The van der Waals surface area contributed by atoms with Crippen LogP contribution in [-0.2, 0) is 5.41 Å². The molecule has 4 heteroatoms. The van der Waals surface area contributed by atoms with E-state index in [0.717, 1.165) is 22.7 Å². The Bertz CT molecular complexity index is 893. The lowest BCUT2D eigenvalue weighted by Crippen LogP contribution is -2.10. The molecule has 3 rings (SSSR count). The van der Waals surface area contributed by atoms with E-state index in [-0.39, 0.29) is 11.2 Å². The van der Waals surface area contributed by atoms with Crippen LogP contribution in [0.4, 0.5) is 10.1 Å². The first-order chi connectivity index (χ1) is 12.9. The molecule has 0 aliphatic heterocycles. The van der Waals surface area contributed by atoms with Crippen LogP contribution in [0.2, 0.25) is 0 Å². The van der Waals surface area contributed by atoms with Gasteiger partial charge in [0.2, 0.25) is 0 Å². The summed E-state index contributed by atoms with van der Waals surface area (Å²) in [6.45, 7) is 6.57. The molecule has 0 heterocycles. The molecule has 0 spiro atoms. The van der Waals surface area contributed by atoms with Crippen molar-refractivity contribution >= 4 is 11.9 Å². The molecular formula is C23H23FN2O. The highest BCUT2D eigenvalue weighted by atomic mass is 19.1. The Kier molecular flexibility index (Phi) is 5.55. The van der Waals surface area contributed by atoms with Gasteiger partial charge in [-0.15, -0.1) is 0 Å². The van der Waals surface area contributed by atoms with E-state index in [9.17, 15) is 4.39 Å². The molecule has 0 aliphatic rings. The number of hydrogen-bond donors (Lipinski definition) is 1. The first kappa shape index (κ1) is 18.6. The van der Waals surface area contributed by atoms with Gasteiger partial charge in [0, 0.05) is 0 Å². The zero-order valence-corrected chi connectivity index (χ0v) is 15.7. The first-order valence-corrected chi connectivity index (χ1v) is 8.83. The lowest BCUT2D eigenvalue weighted by Gasteiger charge is -2.19. The Hall–Kier alpha value is -3.14. The average molecular weight is 362 g/mol. The number of anilines is 1. The molecule has 0 amide bonds. The van der Waals surface area contributed by atoms with Gasteiger partial charge in [-0.2, -0.15) is 5.10 Å². The first-order valence-electron chi connectivity index (χ1n) is 8.83. The highest BCUT2D eigenvalue weighted by molar-refractivity contribution is 5.80. The second kappa shape index (κ2) is 8.04. The van der Waals surface area contributed by atoms with E-state index < -0.39 is 0 Å². The molecule has 3 nitrogen and oxygen atoms in total. The van der Waals surface area contributed by atoms with Crippen molar-refractivity contribution in [3.63, 3.8) is 0 Å². The third kappa shape index (κ3) is 5.42. The minimum atomic E-state index is -0.270. The summed E-state index contributed by atoms with van der Waals surface area (Å²) in [4.78, 5) is 0. The average Bonchev–Trinajstić information content (AvgIpc) is 2.64. The summed E-state index contributed by atoms with van der Waals surface area (Å²) in [7, 11) is 0. The third-order valence-electron chi connectivity index (χ3n) is 4.09. The molecule has 0 saturated carbocycles. The van der Waals surface area contributed by atoms with Crippen LogP contribution >= 0.6 is 0 Å². The van der Waals surface area contributed by atoms with Crippen LogP contribution in [0.25, 0.3) is 0 Å². The van der Waals surface area contributed by atoms with Crippen LogP contribution in [0.5, 0.6) is 11.5 Å². The van der Waals surface area contributed by atoms with Crippen LogP contribution in [0.3, 0.4) is 0 Å². The second-order valence-corrected chi connectivity index (χ2v) is 7.32. The largest absolute Gasteiger partial charge is 0.457 e. The van der Waals surface area contributed by atoms with Crippen LogP contribution in [0.15, 0.2) is 77.9 Å². The van der Waals surface area contributed by atoms with Gasteiger partial charge in [-0.25, -0.2) is 4.39 Å². The molecule has 0 unspecified atom stereocenters. The Morgan fingerprint density at radius 3 is 1.93 bits per heavy atom. The number of halogens is 1. The van der Waals surface area contributed by atoms with Gasteiger partial charge in [0.05, 0.1) is 11.9 Å². The minimum absolute atomic E-state index is 0.126. The molecule has 1 N–H and O–H groups in total. The minimum Gasteiger partial charge on any atom is -0.457 e. The fraction of sp³-hybridized carbons (Fsp3) is 0.174. The molecule has 0 atom stereocenters. The van der Waals surface area contributed by atoms with Gasteiger partial charge in [0.1, 0.15) is 17.3 Å². The van der Waals surface area contributed by atoms with Gasteiger partial charge in [0.15, 0.2) is 0 Å². The molecule has 0 bridgehead atoms. The molecule has 138 valence electrons. The van der Waals surface area contributed by atoms with Gasteiger partial charge in [-0.05, 0) is 77.2 Å². The number of ether oxygens (including phenoxy) is 1. The van der Waals surface area contributed by atoms with Crippen LogP contribution < -0.4 is 10.2 Å². The van der Waals surface area contributed by atoms with E-state index in [1.165, 1.54) is 17.7 Å². The summed E-state index contributed by atoms with van der Waals surface area (Å²) in [5.74, 6) is 1.30. The summed E-state index contributed by atoms with van der Waals surface area (Å²) < 4.78 is 18.8. The van der Waals surface area contributed by atoms with Crippen molar-refractivity contribution < 1.29 is 9.13 Å². The van der Waals surface area contributed by atoms with E-state index in [1.807, 2.05) is 36.4 Å². The molecule has 0 aromatic heterocycles. The normalized spacial score (nSPS) is 11.6. The molecule has 0 saturated heterocycles. The third-order valence-corrected chi connectivity index (χ3v) is 4.09. The predicted octanol–water partition coefficient (Wildman–Crippen LogP) is 6.36. The van der Waals surface area contributed by atoms with Gasteiger partial charge < -0.3 is 4.74 Å². The monoisotopic (exact) mass is 362 g/mol. The summed E-state index contributed by atoms with van der Waals surface area (Å²) >= 11 is 0. The highest BCUT2D eigenvalue weighted by Gasteiger charge is 2.13. The molecule has 3 aromatic rings. The maximum atomic E-state index is 12.9. The molecule has 0 fully saturated rings. The summed E-state index contributed by atoms with van der Waals surface area (Å²) in [6.07, 6.45) is 1.70. The lowest BCUT2D eigenvalue weighted by atomic mass is 9.87. The Morgan fingerprint density at radius 1 is 0.815 bits per heavy atom. The quantitative estimate of drug-likeness (QED) is 0.423. The van der Waals surface area contributed by atoms with Gasteiger partial charge >= 0.3 is 0 Å². The molecule has 27 heavy (non-hydrogen) atoms. The van der Waals surface area contributed by atoms with Gasteiger partial charge in [-0.1, -0.05) is 32.9 Å². The van der Waals surface area contributed by atoms with E-state index in [2.05, 4.69) is 43.4 Å². The number of nitrogens with one attached hydrogen (secondary N) is 1. The van der Waals surface area contributed by atoms with E-state index in [1.54, 1.807) is 18.3 Å². The van der Waals surface area contributed by atoms with Crippen LogP contribution in [0.1, 0.15) is 31.9 Å². The van der Waals surface area contributed by atoms with Crippen molar-refractivity contribution in [1.29, 1.82) is 0 Å². The van der Waals surface area contributed by atoms with Crippen molar-refractivity contribution in [2.24, 2.45) is 5.10 Å². The summed E-state index contributed by atoms with van der Waals surface area (Å²) in [6, 6.07) is 21.9. The fourth-order valence-electron chi connectivity index (χ4n) is 2.49. The smallest absolute Gasteiger partial charge is 0.127 e. The predicted molar refractivity (Wildman–Crippen MR) is 109 cm³/mol. The van der Waals surface area contributed by atoms with Crippen molar-refractivity contribution in [3.05, 3.63) is 89.7 Å². The van der Waals surface area contributed by atoms with Crippen LogP contribution in [-0.4, -0.2) is 6.21 Å². The highest BCUT2D eigenvalue weighted by Crippen LogP contribution is 2.27. The number of rotatable bonds is 5. The van der Waals surface area contributed by atoms with Gasteiger partial charge in [-0.3, -0.25) is 5.43 Å². The zero-order chi connectivity index (χ0) is 19.3. The molecular weight excluding hydrogens is 339 g/mol. The zero-order valence-electron chi connectivity index (χ0n) is 15.7. The molecule has 0 radical (unpaired) electrons. The van der Waals surface area contributed by atoms with Crippen molar-refractivity contribution in [2.45, 2.75) is 26.2 Å². The topological polar surface area (TPSA) is 33.6 Å². The number of hydrogen-bond acceptors (Lipinski definition) is 3. The van der Waals surface area contributed by atoms with E-state index >= 15 is 0 Å². The molecule has 0 aliphatic carbocycles. The number of benzene rings is 3. The van der Waals surface area contributed by atoms with Crippen LogP contribution in [0, 0.1) is 5.82 Å². The SMILES string of the molecule is CC(C)(C)c1ccc(Oc2ccc(C=NNc3ccc(F)cc3)cc2)cc1. The summed E-state index contributed by atoms with van der Waals surface area (Å²) in [5.41, 5.74) is 5.92. The summed E-state index contributed by atoms with van der Waals surface area (Å²) in [5, 5.41) is 4.15. The van der Waals surface area contributed by atoms with Crippen molar-refractivity contribution in [1.82, 2.24) is 0 Å². The van der Waals surface area contributed by atoms with Gasteiger partial charge in [0.25, 0.3) is 0 Å². The second-order valence-electron chi connectivity index (χ2n) is 7.32. The maximum absolute atomic E-state index is 12.9. The fourth-order valence-corrected chi connectivity index (χ4v) is 2.49. The Labute approximate surface area is 159 Å². The van der Waals surface area contributed by atoms with E-state index in [0.29, 0.717) is 0 Å².